The highest BCUT2D eigenvalue weighted by molar-refractivity contribution is 9.10. The van der Waals surface area contributed by atoms with E-state index in [-0.39, 0.29) is 23.8 Å². The molecule has 2 fully saturated rings. The van der Waals surface area contributed by atoms with Gasteiger partial charge < -0.3 is 20.7 Å². The van der Waals surface area contributed by atoms with Crippen LogP contribution in [0.4, 0.5) is 0 Å². The minimum absolute atomic E-state index is 0.0110. The summed E-state index contributed by atoms with van der Waals surface area (Å²) in [6, 6.07) is 13.7. The van der Waals surface area contributed by atoms with Crippen LogP contribution in [0.2, 0.25) is 0 Å². The van der Waals surface area contributed by atoms with Crippen LogP contribution in [-0.2, 0) is 9.59 Å². The Balaban J connectivity index is 1.39. The minimum Gasteiger partial charge on any atom is -0.496 e. The lowest BCUT2D eigenvalue weighted by Crippen LogP contribution is -2.56. The van der Waals surface area contributed by atoms with Crippen LogP contribution >= 0.6 is 15.9 Å². The monoisotopic (exact) mass is 556 g/mol. The number of amides is 3. The van der Waals surface area contributed by atoms with Crippen LogP contribution in [0.5, 0.6) is 5.75 Å². The SMILES string of the molecule is COc1ccc(C(=O)N2CCN([C@@H]3CCCC[C@H]3C(=O)N[C@H](C(N)=O)c3ccccc3)CC2)cc1Br. The summed E-state index contributed by atoms with van der Waals surface area (Å²) in [4.78, 5) is 42.7. The van der Waals surface area contributed by atoms with E-state index in [9.17, 15) is 14.4 Å². The molecule has 3 N–H and O–H groups in total. The van der Waals surface area contributed by atoms with E-state index in [1.165, 1.54) is 0 Å². The molecule has 1 saturated heterocycles. The maximum atomic E-state index is 13.4. The highest BCUT2D eigenvalue weighted by atomic mass is 79.9. The van der Waals surface area contributed by atoms with Crippen molar-refractivity contribution in [3.8, 4) is 5.75 Å². The number of nitrogens with one attached hydrogen (secondary N) is 1. The first kappa shape index (κ1) is 26.2. The third-order valence-corrected chi connectivity index (χ3v) is 7.86. The van der Waals surface area contributed by atoms with E-state index < -0.39 is 11.9 Å². The van der Waals surface area contributed by atoms with Crippen molar-refractivity contribution >= 4 is 33.7 Å². The first-order valence-electron chi connectivity index (χ1n) is 12.4. The Bertz CT molecular complexity index is 1090. The lowest BCUT2D eigenvalue weighted by molar-refractivity contribution is -0.133. The molecule has 0 aromatic heterocycles. The fraction of sp³-hybridized carbons (Fsp3) is 0.444. The third kappa shape index (κ3) is 5.90. The van der Waals surface area contributed by atoms with E-state index >= 15 is 0 Å². The van der Waals surface area contributed by atoms with Gasteiger partial charge in [0.25, 0.3) is 5.91 Å². The molecule has 0 spiro atoms. The van der Waals surface area contributed by atoms with Crippen LogP contribution in [0, 0.1) is 5.92 Å². The number of nitrogens with zero attached hydrogens (tertiary/aromatic N) is 2. The van der Waals surface area contributed by atoms with Gasteiger partial charge in [0.15, 0.2) is 0 Å². The molecule has 0 radical (unpaired) electrons. The number of methoxy groups -OCH3 is 1. The largest absolute Gasteiger partial charge is 0.496 e. The molecule has 3 atom stereocenters. The van der Waals surface area contributed by atoms with E-state index in [2.05, 4.69) is 26.1 Å². The fourth-order valence-electron chi connectivity index (χ4n) is 5.31. The smallest absolute Gasteiger partial charge is 0.253 e. The maximum Gasteiger partial charge on any atom is 0.253 e. The molecule has 1 heterocycles. The summed E-state index contributed by atoms with van der Waals surface area (Å²) >= 11 is 3.45. The molecular formula is C27H33BrN4O4. The van der Waals surface area contributed by atoms with Gasteiger partial charge in [0.1, 0.15) is 11.8 Å². The van der Waals surface area contributed by atoms with Gasteiger partial charge in [-0.25, -0.2) is 0 Å². The molecule has 0 unspecified atom stereocenters. The highest BCUT2D eigenvalue weighted by Crippen LogP contribution is 2.31. The Morgan fingerprint density at radius 2 is 1.72 bits per heavy atom. The second-order valence-corrected chi connectivity index (χ2v) is 10.2. The average Bonchev–Trinajstić information content (AvgIpc) is 2.91. The number of halogens is 1. The quantitative estimate of drug-likeness (QED) is 0.545. The summed E-state index contributed by atoms with van der Waals surface area (Å²) in [5.41, 5.74) is 6.93. The highest BCUT2D eigenvalue weighted by Gasteiger charge is 2.38. The summed E-state index contributed by atoms with van der Waals surface area (Å²) in [5, 5.41) is 2.92. The van der Waals surface area contributed by atoms with Crippen molar-refractivity contribution in [1.29, 1.82) is 0 Å². The first-order chi connectivity index (χ1) is 17.4. The lowest BCUT2D eigenvalue weighted by Gasteiger charge is -2.44. The number of piperazine rings is 1. The predicted octanol–water partition coefficient (Wildman–Crippen LogP) is 3.12. The van der Waals surface area contributed by atoms with E-state index in [0.29, 0.717) is 43.1 Å². The van der Waals surface area contributed by atoms with Crippen LogP contribution in [0.1, 0.15) is 47.6 Å². The van der Waals surface area contributed by atoms with Gasteiger partial charge in [-0.1, -0.05) is 43.2 Å². The number of primary amides is 1. The number of benzene rings is 2. The summed E-state index contributed by atoms with van der Waals surface area (Å²) in [6.45, 7) is 2.60. The Kier molecular flexibility index (Phi) is 8.64. The minimum atomic E-state index is -0.848. The zero-order chi connectivity index (χ0) is 25.7. The van der Waals surface area contributed by atoms with Gasteiger partial charge in [-0.3, -0.25) is 19.3 Å². The van der Waals surface area contributed by atoms with E-state index in [0.717, 1.165) is 30.2 Å². The van der Waals surface area contributed by atoms with E-state index in [1.807, 2.05) is 23.1 Å². The van der Waals surface area contributed by atoms with Gasteiger partial charge in [0.05, 0.1) is 17.5 Å². The first-order valence-corrected chi connectivity index (χ1v) is 13.2. The Hall–Kier alpha value is -2.91. The molecule has 2 aliphatic rings. The van der Waals surface area contributed by atoms with Gasteiger partial charge >= 0.3 is 0 Å². The number of ether oxygens (including phenoxy) is 1. The second kappa shape index (κ2) is 11.9. The van der Waals surface area contributed by atoms with Crippen LogP contribution in [0.15, 0.2) is 53.0 Å². The summed E-state index contributed by atoms with van der Waals surface area (Å²) in [6.07, 6.45) is 3.73. The van der Waals surface area contributed by atoms with Crippen LogP contribution in [0.3, 0.4) is 0 Å². The van der Waals surface area contributed by atoms with Crippen molar-refractivity contribution < 1.29 is 19.1 Å². The van der Waals surface area contributed by atoms with Crippen molar-refractivity contribution in [2.75, 3.05) is 33.3 Å². The second-order valence-electron chi connectivity index (χ2n) is 9.39. The van der Waals surface area contributed by atoms with Crippen molar-refractivity contribution in [1.82, 2.24) is 15.1 Å². The third-order valence-electron chi connectivity index (χ3n) is 7.24. The number of nitrogens with two attached hydrogens (primary N) is 1. The number of carbonyl (C=O) groups is 3. The molecule has 36 heavy (non-hydrogen) atoms. The molecule has 192 valence electrons. The topological polar surface area (TPSA) is 105 Å². The molecule has 2 aromatic rings. The van der Waals surface area contributed by atoms with Crippen molar-refractivity contribution in [2.24, 2.45) is 11.7 Å². The normalized spacial score (nSPS) is 21.4. The molecule has 8 nitrogen and oxygen atoms in total. The molecule has 1 aliphatic heterocycles. The Labute approximate surface area is 220 Å². The maximum absolute atomic E-state index is 13.4. The Morgan fingerprint density at radius 1 is 1.03 bits per heavy atom. The average molecular weight is 557 g/mol. The molecule has 9 heteroatoms. The van der Waals surface area contributed by atoms with Crippen LogP contribution in [-0.4, -0.2) is 66.9 Å². The predicted molar refractivity (Wildman–Crippen MR) is 140 cm³/mol. The van der Waals surface area contributed by atoms with E-state index in [1.54, 1.807) is 37.4 Å². The lowest BCUT2D eigenvalue weighted by atomic mass is 9.82. The van der Waals surface area contributed by atoms with Gasteiger partial charge in [0.2, 0.25) is 11.8 Å². The zero-order valence-electron chi connectivity index (χ0n) is 20.5. The fourth-order valence-corrected chi connectivity index (χ4v) is 5.85. The van der Waals surface area contributed by atoms with Gasteiger partial charge in [0, 0.05) is 37.8 Å². The molecule has 3 amide bonds. The van der Waals surface area contributed by atoms with Gasteiger partial charge in [-0.15, -0.1) is 0 Å². The Morgan fingerprint density at radius 3 is 2.36 bits per heavy atom. The van der Waals surface area contributed by atoms with Crippen molar-refractivity contribution in [3.63, 3.8) is 0 Å². The molecule has 1 aliphatic carbocycles. The molecule has 4 rings (SSSR count). The number of rotatable bonds is 7. The number of hydrogen-bond acceptors (Lipinski definition) is 5. The number of hydrogen-bond donors (Lipinski definition) is 2. The van der Waals surface area contributed by atoms with Gasteiger partial charge in [-0.2, -0.15) is 0 Å². The summed E-state index contributed by atoms with van der Waals surface area (Å²) in [5.74, 6) is -0.246. The van der Waals surface area contributed by atoms with Gasteiger partial charge in [-0.05, 0) is 52.5 Å². The molecule has 2 aromatic carbocycles. The number of carbonyl (C=O) groups excluding carboxylic acids is 3. The standard InChI is InChI=1S/C27H33BrN4O4/c1-36-23-12-11-19(17-21(23)28)27(35)32-15-13-31(14-16-32)22-10-6-5-9-20(22)26(34)30-24(25(29)33)18-7-3-2-4-8-18/h2-4,7-8,11-12,17,20,22,24H,5-6,9-10,13-16H2,1H3,(H2,29,33)(H,30,34)/t20-,22-,24+/m1/s1. The van der Waals surface area contributed by atoms with Crippen molar-refractivity contribution in [2.45, 2.75) is 37.8 Å². The van der Waals surface area contributed by atoms with Crippen molar-refractivity contribution in [3.05, 3.63) is 64.1 Å². The van der Waals surface area contributed by atoms with Crippen LogP contribution < -0.4 is 15.8 Å². The van der Waals surface area contributed by atoms with E-state index in [4.69, 9.17) is 10.5 Å². The summed E-state index contributed by atoms with van der Waals surface area (Å²) in [7, 11) is 1.59. The molecular weight excluding hydrogens is 524 g/mol. The van der Waals surface area contributed by atoms with Crippen LogP contribution in [0.25, 0.3) is 0 Å². The zero-order valence-corrected chi connectivity index (χ0v) is 22.1. The molecule has 1 saturated carbocycles. The molecule has 0 bridgehead atoms. The summed E-state index contributed by atoms with van der Waals surface area (Å²) < 4.78 is 6.01.